The molecule has 0 unspecified atom stereocenters. The Morgan fingerprint density at radius 3 is 2.55 bits per heavy atom. The third kappa shape index (κ3) is 4.52. The predicted molar refractivity (Wildman–Crippen MR) is 106 cm³/mol. The van der Waals surface area contributed by atoms with Gasteiger partial charge in [-0.2, -0.15) is 18.3 Å². The minimum Gasteiger partial charge on any atom is -0.361 e. The zero-order chi connectivity index (χ0) is 22.2. The van der Waals surface area contributed by atoms with Crippen LogP contribution in [0.2, 0.25) is 0 Å². The maximum atomic E-state index is 13.4. The minimum atomic E-state index is -4.38. The van der Waals surface area contributed by atoms with Crippen LogP contribution in [-0.4, -0.2) is 44.8 Å². The number of rotatable bonds is 4. The van der Waals surface area contributed by atoms with E-state index < -0.39 is 12.7 Å². The van der Waals surface area contributed by atoms with Crippen LogP contribution in [0.15, 0.2) is 42.6 Å². The quantitative estimate of drug-likeness (QED) is 0.630. The summed E-state index contributed by atoms with van der Waals surface area (Å²) in [5.41, 5.74) is 3.26. The zero-order valence-corrected chi connectivity index (χ0v) is 16.6. The maximum absolute atomic E-state index is 13.4. The van der Waals surface area contributed by atoms with E-state index in [2.05, 4.69) is 15.4 Å². The molecule has 0 atom stereocenters. The lowest BCUT2D eigenvalue weighted by Crippen LogP contribution is -2.37. The lowest BCUT2D eigenvalue weighted by atomic mass is 9.98. The highest BCUT2D eigenvalue weighted by Gasteiger charge is 2.28. The number of benzene rings is 1. The third-order valence-corrected chi connectivity index (χ3v) is 5.06. The molecule has 3 aromatic rings. The number of nitrogens with one attached hydrogen (secondary N) is 1. The molecule has 31 heavy (non-hydrogen) atoms. The monoisotopic (exact) mass is 433 g/mol. The normalized spacial score (nSPS) is 13.8. The molecule has 0 saturated carbocycles. The van der Waals surface area contributed by atoms with Crippen molar-refractivity contribution in [2.75, 3.05) is 18.4 Å². The number of hydrogen-bond donors (Lipinski definition) is 1. The Kier molecular flexibility index (Phi) is 5.38. The van der Waals surface area contributed by atoms with Gasteiger partial charge in [0.1, 0.15) is 23.9 Å². The van der Waals surface area contributed by atoms with E-state index in [-0.39, 0.29) is 17.5 Å². The summed E-state index contributed by atoms with van der Waals surface area (Å²) in [6.07, 6.45) is -2.96. The molecule has 6 nitrogen and oxygen atoms in total. The molecule has 162 valence electrons. The minimum absolute atomic E-state index is 0.0686. The third-order valence-electron chi connectivity index (χ3n) is 5.06. The lowest BCUT2D eigenvalue weighted by molar-refractivity contribution is -0.130. The Bertz CT molecular complexity index is 1110. The molecule has 0 saturated heterocycles. The van der Waals surface area contributed by atoms with Crippen LogP contribution in [0.4, 0.5) is 23.4 Å². The van der Waals surface area contributed by atoms with E-state index >= 15 is 0 Å². The molecule has 0 fully saturated rings. The predicted octanol–water partition coefficient (Wildman–Crippen LogP) is 4.09. The van der Waals surface area contributed by atoms with Gasteiger partial charge in [-0.3, -0.25) is 9.48 Å². The molecular weight excluding hydrogens is 414 g/mol. The first-order valence-corrected chi connectivity index (χ1v) is 9.59. The van der Waals surface area contributed by atoms with E-state index in [9.17, 15) is 22.4 Å². The number of nitrogens with zero attached hydrogens (tertiary/aromatic N) is 4. The fourth-order valence-corrected chi connectivity index (χ4v) is 3.57. The summed E-state index contributed by atoms with van der Waals surface area (Å²) in [5, 5.41) is 6.95. The van der Waals surface area contributed by atoms with Crippen LogP contribution in [0.3, 0.4) is 0 Å². The number of hydrogen-bond acceptors (Lipinski definition) is 4. The summed E-state index contributed by atoms with van der Waals surface area (Å²) >= 11 is 0. The molecule has 10 heteroatoms. The van der Waals surface area contributed by atoms with Gasteiger partial charge in [-0.15, -0.1) is 0 Å². The Labute approximate surface area is 175 Å². The Morgan fingerprint density at radius 1 is 1.13 bits per heavy atom. The van der Waals surface area contributed by atoms with Crippen LogP contribution in [0, 0.1) is 5.82 Å². The molecule has 3 heterocycles. The molecular formula is C21H19F4N5O. The topological polar surface area (TPSA) is 63.1 Å². The number of fused-ring (bicyclic) bond motifs is 1. The van der Waals surface area contributed by atoms with E-state index in [1.807, 2.05) is 0 Å². The van der Waals surface area contributed by atoms with Crippen molar-refractivity contribution in [2.45, 2.75) is 26.2 Å². The highest BCUT2D eigenvalue weighted by atomic mass is 19.4. The number of carbonyl (C=O) groups excluding carboxylic acids is 1. The summed E-state index contributed by atoms with van der Waals surface area (Å²) in [5.74, 6) is -0.400. The second-order valence-electron chi connectivity index (χ2n) is 7.24. The standard InChI is InChI=1S/C21H19F4N5O/c1-13(31)29-8-9-30-17(11-29)19(20(28-30)14-2-4-16(22)5-3-14)15-6-7-26-18(10-15)27-12-21(23,24)25/h2-7,10H,8-9,11-12H2,1H3,(H,26,27). The average molecular weight is 433 g/mol. The zero-order valence-electron chi connectivity index (χ0n) is 16.6. The van der Waals surface area contributed by atoms with Gasteiger partial charge >= 0.3 is 6.18 Å². The van der Waals surface area contributed by atoms with Gasteiger partial charge in [0.15, 0.2) is 0 Å². The first-order valence-electron chi connectivity index (χ1n) is 9.59. The van der Waals surface area contributed by atoms with Crippen molar-refractivity contribution in [3.05, 3.63) is 54.1 Å². The van der Waals surface area contributed by atoms with Crippen molar-refractivity contribution in [1.82, 2.24) is 19.7 Å². The maximum Gasteiger partial charge on any atom is 0.405 e. The number of alkyl halides is 3. The molecule has 0 bridgehead atoms. The van der Waals surface area contributed by atoms with Crippen LogP contribution in [0.25, 0.3) is 22.4 Å². The highest BCUT2D eigenvalue weighted by Crippen LogP contribution is 2.37. The van der Waals surface area contributed by atoms with E-state index in [1.165, 1.54) is 31.3 Å². The fraction of sp³-hybridized carbons (Fsp3) is 0.286. The first-order chi connectivity index (χ1) is 14.7. The molecule has 0 spiro atoms. The van der Waals surface area contributed by atoms with Crippen LogP contribution in [0.5, 0.6) is 0 Å². The summed E-state index contributed by atoms with van der Waals surface area (Å²) < 4.78 is 53.1. The summed E-state index contributed by atoms with van der Waals surface area (Å²) in [6, 6.07) is 9.03. The Hall–Kier alpha value is -3.43. The second-order valence-corrected chi connectivity index (χ2v) is 7.24. The molecule has 1 N–H and O–H groups in total. The Balaban J connectivity index is 1.81. The largest absolute Gasteiger partial charge is 0.405 e. The van der Waals surface area contributed by atoms with Crippen molar-refractivity contribution >= 4 is 11.7 Å². The number of carbonyl (C=O) groups is 1. The van der Waals surface area contributed by atoms with Gasteiger partial charge in [0.25, 0.3) is 0 Å². The second kappa shape index (κ2) is 8.01. The van der Waals surface area contributed by atoms with Gasteiger partial charge in [-0.25, -0.2) is 9.37 Å². The Morgan fingerprint density at radius 2 is 1.87 bits per heavy atom. The van der Waals surface area contributed by atoms with Crippen LogP contribution < -0.4 is 5.32 Å². The number of pyridine rings is 1. The number of amides is 1. The highest BCUT2D eigenvalue weighted by molar-refractivity contribution is 5.84. The van der Waals surface area contributed by atoms with Crippen LogP contribution in [0.1, 0.15) is 12.6 Å². The van der Waals surface area contributed by atoms with Crippen molar-refractivity contribution in [3.63, 3.8) is 0 Å². The lowest BCUT2D eigenvalue weighted by Gasteiger charge is -2.27. The summed E-state index contributed by atoms with van der Waals surface area (Å²) in [7, 11) is 0. The van der Waals surface area contributed by atoms with Gasteiger partial charge in [0, 0.05) is 30.8 Å². The molecule has 1 amide bonds. The average Bonchev–Trinajstić information content (AvgIpc) is 3.11. The van der Waals surface area contributed by atoms with Gasteiger partial charge in [-0.05, 0) is 42.0 Å². The van der Waals surface area contributed by atoms with Crippen molar-refractivity contribution in [3.8, 4) is 22.4 Å². The number of anilines is 1. The van der Waals surface area contributed by atoms with Gasteiger partial charge in [-0.1, -0.05) is 0 Å². The molecule has 0 radical (unpaired) electrons. The van der Waals surface area contributed by atoms with Gasteiger partial charge in [0.05, 0.1) is 18.8 Å². The molecule has 4 rings (SSSR count). The molecule has 1 aliphatic heterocycles. The summed E-state index contributed by atoms with van der Waals surface area (Å²) in [4.78, 5) is 17.6. The molecule has 1 aliphatic rings. The number of aromatic nitrogens is 3. The van der Waals surface area contributed by atoms with Crippen LogP contribution in [-0.2, 0) is 17.9 Å². The molecule has 0 aliphatic carbocycles. The van der Waals surface area contributed by atoms with Gasteiger partial charge in [0.2, 0.25) is 5.91 Å². The van der Waals surface area contributed by atoms with Crippen molar-refractivity contribution in [1.29, 1.82) is 0 Å². The SMILES string of the molecule is CC(=O)N1CCn2nc(-c3ccc(F)cc3)c(-c3ccnc(NCC(F)(F)F)c3)c2C1. The fourth-order valence-electron chi connectivity index (χ4n) is 3.57. The van der Waals surface area contributed by atoms with Gasteiger partial charge < -0.3 is 10.2 Å². The van der Waals surface area contributed by atoms with Crippen molar-refractivity contribution < 1.29 is 22.4 Å². The van der Waals surface area contributed by atoms with Crippen LogP contribution >= 0.6 is 0 Å². The first kappa shape index (κ1) is 20.8. The molecule has 1 aromatic carbocycles. The smallest absolute Gasteiger partial charge is 0.361 e. The summed E-state index contributed by atoms with van der Waals surface area (Å²) in [6.45, 7) is 1.57. The van der Waals surface area contributed by atoms with E-state index in [0.717, 1.165) is 5.69 Å². The number of halogens is 4. The van der Waals surface area contributed by atoms with E-state index in [0.29, 0.717) is 42.0 Å². The van der Waals surface area contributed by atoms with E-state index in [1.54, 1.807) is 27.8 Å². The van der Waals surface area contributed by atoms with Crippen molar-refractivity contribution in [2.24, 2.45) is 0 Å². The molecule has 2 aromatic heterocycles. The van der Waals surface area contributed by atoms with E-state index in [4.69, 9.17) is 0 Å².